The molecule has 3 aromatic heterocycles. The van der Waals surface area contributed by atoms with Crippen molar-refractivity contribution in [1.82, 2.24) is 19.9 Å². The zero-order valence-corrected chi connectivity index (χ0v) is 19.5. The Kier molecular flexibility index (Phi) is 6.57. The molecule has 0 radical (unpaired) electrons. The van der Waals surface area contributed by atoms with E-state index in [2.05, 4.69) is 24.8 Å². The number of nitrogens with zero attached hydrogens (tertiary/aromatic N) is 4. The molecule has 34 heavy (non-hydrogen) atoms. The molecule has 0 saturated heterocycles. The molecule has 1 fully saturated rings. The Morgan fingerprint density at radius 2 is 1.88 bits per heavy atom. The van der Waals surface area contributed by atoms with E-state index in [0.717, 1.165) is 37.4 Å². The van der Waals surface area contributed by atoms with E-state index in [-0.39, 0.29) is 29.4 Å². The highest BCUT2D eigenvalue weighted by atomic mass is 19.4. The van der Waals surface area contributed by atoms with Crippen molar-refractivity contribution in [1.29, 1.82) is 0 Å². The normalized spacial score (nSPS) is 15.7. The molecule has 0 unspecified atom stereocenters. The molecular formula is C23H29F3N6O2. The number of rotatable bonds is 8. The number of aromatic nitrogens is 4. The first-order valence-corrected chi connectivity index (χ1v) is 11.2. The molecule has 0 aromatic carbocycles. The van der Waals surface area contributed by atoms with E-state index >= 15 is 0 Å². The number of nitrogens with one attached hydrogen (secondary N) is 1. The van der Waals surface area contributed by atoms with E-state index in [1.807, 2.05) is 7.05 Å². The van der Waals surface area contributed by atoms with Gasteiger partial charge in [-0.05, 0) is 31.9 Å². The van der Waals surface area contributed by atoms with Crippen LogP contribution in [0.4, 0.5) is 24.8 Å². The largest absolute Gasteiger partial charge is 0.478 e. The summed E-state index contributed by atoms with van der Waals surface area (Å²) in [5.74, 6) is 0.0677. The van der Waals surface area contributed by atoms with Gasteiger partial charge in [0.05, 0.1) is 24.6 Å². The van der Waals surface area contributed by atoms with Crippen molar-refractivity contribution < 1.29 is 22.6 Å². The number of fused-ring (bicyclic) bond motifs is 1. The van der Waals surface area contributed by atoms with Gasteiger partial charge in [-0.1, -0.05) is 12.8 Å². The van der Waals surface area contributed by atoms with E-state index < -0.39 is 11.9 Å². The van der Waals surface area contributed by atoms with Crippen LogP contribution in [0.3, 0.4) is 0 Å². The third-order valence-electron chi connectivity index (χ3n) is 6.24. The zero-order chi connectivity index (χ0) is 24.5. The molecule has 0 bridgehead atoms. The molecule has 3 aromatic rings. The molecule has 0 atom stereocenters. The van der Waals surface area contributed by atoms with Crippen LogP contribution >= 0.6 is 0 Å². The molecule has 11 heteroatoms. The zero-order valence-electron chi connectivity index (χ0n) is 19.5. The van der Waals surface area contributed by atoms with Gasteiger partial charge < -0.3 is 25.1 Å². The number of imidazole rings is 1. The quantitative estimate of drug-likeness (QED) is 0.485. The number of nitrogen functional groups attached to an aromatic ring is 1. The highest BCUT2D eigenvalue weighted by Gasteiger charge is 2.36. The average molecular weight is 479 g/mol. The summed E-state index contributed by atoms with van der Waals surface area (Å²) in [5.41, 5.74) is 7.12. The van der Waals surface area contributed by atoms with E-state index in [9.17, 15) is 13.2 Å². The number of ether oxygens (including phenoxy) is 2. The third kappa shape index (κ3) is 4.89. The second kappa shape index (κ2) is 9.28. The van der Waals surface area contributed by atoms with Gasteiger partial charge in [-0.15, -0.1) is 0 Å². The monoisotopic (exact) mass is 478 g/mol. The number of pyridine rings is 2. The minimum atomic E-state index is -4.63. The number of H-pyrrole nitrogens is 1. The van der Waals surface area contributed by atoms with Crippen molar-refractivity contribution >= 4 is 22.8 Å². The molecule has 0 spiro atoms. The van der Waals surface area contributed by atoms with Crippen LogP contribution in [0.25, 0.3) is 22.4 Å². The fourth-order valence-corrected chi connectivity index (χ4v) is 4.83. The topological polar surface area (TPSA) is 102 Å². The van der Waals surface area contributed by atoms with Gasteiger partial charge in [-0.2, -0.15) is 18.2 Å². The Bertz CT molecular complexity index is 1160. The molecule has 3 N–H and O–H groups in total. The third-order valence-corrected chi connectivity index (χ3v) is 6.24. The minimum Gasteiger partial charge on any atom is -0.478 e. The highest BCUT2D eigenvalue weighted by Crippen LogP contribution is 2.41. The molecule has 1 saturated carbocycles. The Morgan fingerprint density at radius 3 is 2.53 bits per heavy atom. The number of aromatic amines is 1. The van der Waals surface area contributed by atoms with Crippen LogP contribution in [0.15, 0.2) is 18.2 Å². The predicted molar refractivity (Wildman–Crippen MR) is 124 cm³/mol. The molecule has 1 aliphatic rings. The summed E-state index contributed by atoms with van der Waals surface area (Å²) in [7, 11) is 3.65. The van der Waals surface area contributed by atoms with Crippen LogP contribution in [-0.2, 0) is 10.9 Å². The van der Waals surface area contributed by atoms with Crippen LogP contribution in [0.1, 0.15) is 38.3 Å². The van der Waals surface area contributed by atoms with Crippen molar-refractivity contribution in [3.8, 4) is 17.1 Å². The molecule has 184 valence electrons. The Labute approximate surface area is 195 Å². The van der Waals surface area contributed by atoms with E-state index in [1.165, 1.54) is 6.07 Å². The number of anilines is 2. The Hall–Kier alpha value is -3.08. The summed E-state index contributed by atoms with van der Waals surface area (Å²) in [6.45, 7) is 3.23. The highest BCUT2D eigenvalue weighted by molar-refractivity contribution is 5.90. The average Bonchev–Trinajstić information content (AvgIpc) is 3.38. The lowest BCUT2D eigenvalue weighted by atomic mass is 9.86. The smallest absolute Gasteiger partial charge is 0.433 e. The number of halogens is 3. The molecule has 4 rings (SSSR count). The first-order valence-electron chi connectivity index (χ1n) is 11.2. The van der Waals surface area contributed by atoms with E-state index in [4.69, 9.17) is 15.2 Å². The Balaban J connectivity index is 1.81. The summed E-state index contributed by atoms with van der Waals surface area (Å²) < 4.78 is 51.4. The molecule has 0 aliphatic heterocycles. The van der Waals surface area contributed by atoms with Gasteiger partial charge in [0.25, 0.3) is 0 Å². The summed E-state index contributed by atoms with van der Waals surface area (Å²) in [6.07, 6.45) is -0.245. The van der Waals surface area contributed by atoms with Crippen LogP contribution < -0.4 is 15.4 Å². The molecule has 8 nitrogen and oxygen atoms in total. The van der Waals surface area contributed by atoms with Crippen molar-refractivity contribution in [2.45, 2.75) is 38.8 Å². The van der Waals surface area contributed by atoms with Crippen LogP contribution in [0, 0.1) is 5.41 Å². The maximum atomic E-state index is 13.5. The SMILES string of the molecule is CCOc1cc(-c2cc(N(C)CC3(COC)CCCC3)c3[nH]c(N)nc3n2)cc(C(F)(F)F)n1. The number of hydrogen-bond donors (Lipinski definition) is 2. The second-order valence-electron chi connectivity index (χ2n) is 8.85. The lowest BCUT2D eigenvalue weighted by molar-refractivity contribution is -0.141. The van der Waals surface area contributed by atoms with Crippen LogP contribution in [-0.4, -0.2) is 53.9 Å². The van der Waals surface area contributed by atoms with Gasteiger partial charge in [0.2, 0.25) is 5.88 Å². The van der Waals surface area contributed by atoms with Gasteiger partial charge in [-0.3, -0.25) is 0 Å². The van der Waals surface area contributed by atoms with E-state index in [1.54, 1.807) is 20.1 Å². The first kappa shape index (κ1) is 24.1. The fourth-order valence-electron chi connectivity index (χ4n) is 4.83. The molecular weight excluding hydrogens is 449 g/mol. The lowest BCUT2D eigenvalue weighted by Crippen LogP contribution is -2.37. The van der Waals surface area contributed by atoms with Crippen LogP contribution in [0.5, 0.6) is 5.88 Å². The van der Waals surface area contributed by atoms with E-state index in [0.29, 0.717) is 30.0 Å². The van der Waals surface area contributed by atoms with Gasteiger partial charge in [0, 0.05) is 37.7 Å². The van der Waals surface area contributed by atoms with Gasteiger partial charge >= 0.3 is 6.18 Å². The number of nitrogens with two attached hydrogens (primary N) is 1. The standard InChI is InChI=1S/C23H29F3N6O2/c1-4-34-18-10-14(9-17(29-18)23(24,25)26)15-11-16(19-20(28-15)31-21(27)30-19)32(2)12-22(13-33-3)7-5-6-8-22/h9-11H,4-8,12-13H2,1-3H3,(H3,27,28,30,31). The number of methoxy groups -OCH3 is 1. The van der Waals surface area contributed by atoms with Gasteiger partial charge in [0.15, 0.2) is 11.6 Å². The van der Waals surface area contributed by atoms with Crippen molar-refractivity contribution in [3.63, 3.8) is 0 Å². The molecule has 3 heterocycles. The lowest BCUT2D eigenvalue weighted by Gasteiger charge is -2.34. The number of hydrogen-bond acceptors (Lipinski definition) is 7. The van der Waals surface area contributed by atoms with Crippen molar-refractivity contribution in [2.24, 2.45) is 5.41 Å². The summed E-state index contributed by atoms with van der Waals surface area (Å²) in [4.78, 5) is 17.5. The maximum Gasteiger partial charge on any atom is 0.433 e. The molecule has 1 aliphatic carbocycles. The predicted octanol–water partition coefficient (Wildman–Crippen LogP) is 4.66. The van der Waals surface area contributed by atoms with Crippen molar-refractivity contribution in [2.75, 3.05) is 44.5 Å². The van der Waals surface area contributed by atoms with Gasteiger partial charge in [-0.25, -0.2) is 9.97 Å². The fraction of sp³-hybridized carbons (Fsp3) is 0.522. The number of alkyl halides is 3. The second-order valence-corrected chi connectivity index (χ2v) is 8.85. The molecule has 0 amide bonds. The minimum absolute atomic E-state index is 0.00702. The maximum absolute atomic E-state index is 13.5. The van der Waals surface area contributed by atoms with Crippen molar-refractivity contribution in [3.05, 3.63) is 23.9 Å². The Morgan fingerprint density at radius 1 is 1.15 bits per heavy atom. The van der Waals surface area contributed by atoms with Crippen LogP contribution in [0.2, 0.25) is 0 Å². The summed E-state index contributed by atoms with van der Waals surface area (Å²) in [6, 6.07) is 4.18. The summed E-state index contributed by atoms with van der Waals surface area (Å²) in [5, 5.41) is 0. The first-order chi connectivity index (χ1) is 16.1. The summed E-state index contributed by atoms with van der Waals surface area (Å²) >= 11 is 0. The van der Waals surface area contributed by atoms with Gasteiger partial charge in [0.1, 0.15) is 11.2 Å².